The second-order valence-electron chi connectivity index (χ2n) is 6.07. The van der Waals surface area contributed by atoms with Gasteiger partial charge in [0.2, 0.25) is 0 Å². The van der Waals surface area contributed by atoms with E-state index < -0.39 is 0 Å². The van der Waals surface area contributed by atoms with Gasteiger partial charge in [-0.3, -0.25) is 0 Å². The van der Waals surface area contributed by atoms with Crippen LogP contribution in [0.4, 0.5) is 0 Å². The van der Waals surface area contributed by atoms with Crippen molar-refractivity contribution in [2.45, 2.75) is 33.1 Å². The highest BCUT2D eigenvalue weighted by Crippen LogP contribution is 2.35. The predicted molar refractivity (Wildman–Crippen MR) is 105 cm³/mol. The molecule has 3 aromatic carbocycles. The molecule has 2 heteroatoms. The Hall–Kier alpha value is -2.74. The maximum absolute atomic E-state index is 9.60. The Kier molecular flexibility index (Phi) is 7.09. The molecule has 0 aliphatic rings. The van der Waals surface area contributed by atoms with E-state index in [4.69, 9.17) is 0 Å². The average Bonchev–Trinajstić information content (AvgIpc) is 2.65. The van der Waals surface area contributed by atoms with Gasteiger partial charge < -0.3 is 10.2 Å². The van der Waals surface area contributed by atoms with Crippen molar-refractivity contribution in [2.24, 2.45) is 0 Å². The molecule has 0 saturated heterocycles. The summed E-state index contributed by atoms with van der Waals surface area (Å²) in [6.45, 7) is 4.42. The van der Waals surface area contributed by atoms with Crippen molar-refractivity contribution in [1.29, 1.82) is 0 Å². The Morgan fingerprint density at radius 3 is 2.12 bits per heavy atom. The molecular formula is C23H26O2. The summed E-state index contributed by atoms with van der Waals surface area (Å²) in [6, 6.07) is 23.0. The van der Waals surface area contributed by atoms with Crippen molar-refractivity contribution in [2.75, 3.05) is 0 Å². The monoisotopic (exact) mass is 334 g/mol. The lowest BCUT2D eigenvalue weighted by Crippen LogP contribution is -1.87. The van der Waals surface area contributed by atoms with Crippen LogP contribution in [0.15, 0.2) is 72.8 Å². The maximum Gasteiger partial charge on any atom is 0.165 e. The van der Waals surface area contributed by atoms with Crippen molar-refractivity contribution in [3.05, 3.63) is 83.9 Å². The summed E-state index contributed by atoms with van der Waals surface area (Å²) in [4.78, 5) is 0. The number of phenols is 2. The Balaban J connectivity index is 0.000000186. The van der Waals surface area contributed by atoms with Crippen LogP contribution in [0.2, 0.25) is 0 Å². The first-order chi connectivity index (χ1) is 12.1. The molecule has 130 valence electrons. The van der Waals surface area contributed by atoms with E-state index in [2.05, 4.69) is 38.1 Å². The maximum atomic E-state index is 9.60. The third-order valence-electron chi connectivity index (χ3n) is 4.16. The number of unbranched alkanes of at least 4 members (excludes halogenated alkanes) is 1. The van der Waals surface area contributed by atoms with Gasteiger partial charge in [0.1, 0.15) is 0 Å². The largest absolute Gasteiger partial charge is 0.504 e. The molecule has 0 saturated carbocycles. The minimum absolute atomic E-state index is 0.0706. The third-order valence-corrected chi connectivity index (χ3v) is 4.16. The van der Waals surface area contributed by atoms with Gasteiger partial charge in [-0.05, 0) is 42.5 Å². The second-order valence-corrected chi connectivity index (χ2v) is 6.07. The first-order valence-corrected chi connectivity index (χ1v) is 8.74. The molecule has 0 radical (unpaired) electrons. The molecule has 0 bridgehead atoms. The van der Waals surface area contributed by atoms with Crippen LogP contribution in [-0.2, 0) is 6.42 Å². The van der Waals surface area contributed by atoms with Gasteiger partial charge in [-0.15, -0.1) is 0 Å². The number of aromatic hydroxyl groups is 2. The molecule has 0 amide bonds. The zero-order valence-electron chi connectivity index (χ0n) is 14.9. The lowest BCUT2D eigenvalue weighted by molar-refractivity contribution is 0.405. The van der Waals surface area contributed by atoms with Crippen molar-refractivity contribution < 1.29 is 10.2 Å². The summed E-state index contributed by atoms with van der Waals surface area (Å²) in [5.41, 5.74) is 4.47. The third kappa shape index (κ3) is 5.39. The van der Waals surface area contributed by atoms with Crippen LogP contribution in [0, 0.1) is 6.92 Å². The molecule has 0 spiro atoms. The minimum Gasteiger partial charge on any atom is -0.504 e. The number of phenolic OH excluding ortho intramolecular Hbond substituents is 2. The van der Waals surface area contributed by atoms with E-state index in [0.29, 0.717) is 5.56 Å². The Labute approximate surface area is 150 Å². The molecule has 0 atom stereocenters. The molecule has 0 fully saturated rings. The minimum atomic E-state index is -0.0913. The Morgan fingerprint density at radius 1 is 0.760 bits per heavy atom. The van der Waals surface area contributed by atoms with Crippen LogP contribution in [0.3, 0.4) is 0 Å². The lowest BCUT2D eigenvalue weighted by atomic mass is 10.0. The normalized spacial score (nSPS) is 10.0. The average molecular weight is 334 g/mol. The highest BCUT2D eigenvalue weighted by molar-refractivity contribution is 5.72. The number of hydrogen-bond donors (Lipinski definition) is 2. The van der Waals surface area contributed by atoms with Crippen LogP contribution in [0.5, 0.6) is 11.5 Å². The van der Waals surface area contributed by atoms with Gasteiger partial charge in [0.15, 0.2) is 11.5 Å². The van der Waals surface area contributed by atoms with Gasteiger partial charge in [0.05, 0.1) is 0 Å². The molecule has 25 heavy (non-hydrogen) atoms. The number of aryl methyl sites for hydroxylation is 2. The van der Waals surface area contributed by atoms with Crippen LogP contribution in [0.1, 0.15) is 30.9 Å². The summed E-state index contributed by atoms with van der Waals surface area (Å²) in [7, 11) is 0. The van der Waals surface area contributed by atoms with Crippen LogP contribution < -0.4 is 0 Å². The van der Waals surface area contributed by atoms with Gasteiger partial charge in [-0.2, -0.15) is 0 Å². The molecular weight excluding hydrogens is 308 g/mol. The highest BCUT2D eigenvalue weighted by Gasteiger charge is 2.06. The zero-order chi connectivity index (χ0) is 18.1. The van der Waals surface area contributed by atoms with Crippen molar-refractivity contribution in [1.82, 2.24) is 0 Å². The quantitative estimate of drug-likeness (QED) is 0.566. The number of para-hydroxylation sites is 1. The lowest BCUT2D eigenvalue weighted by Gasteiger charge is -2.05. The SMILES string of the molecule is CCCCc1ccccc1C.Oc1cccc(-c2ccccc2)c1O. The summed E-state index contributed by atoms with van der Waals surface area (Å²) in [5, 5.41) is 18.9. The first kappa shape index (κ1) is 18.6. The fraction of sp³-hybridized carbons (Fsp3) is 0.217. The van der Waals surface area contributed by atoms with E-state index in [1.165, 1.54) is 36.5 Å². The standard InChI is InChI=1S/C12H10O2.C11H16/c13-11-8-4-7-10(12(11)14)9-5-2-1-3-6-9;1-3-4-8-11-9-6-5-7-10(11)2/h1-8,13-14H;5-7,9H,3-4,8H2,1-2H3. The van der Waals surface area contributed by atoms with Crippen molar-refractivity contribution in [3.8, 4) is 22.6 Å². The molecule has 2 N–H and O–H groups in total. The molecule has 3 rings (SSSR count). The summed E-state index contributed by atoms with van der Waals surface area (Å²) in [6.07, 6.45) is 3.84. The van der Waals surface area contributed by atoms with E-state index in [1.807, 2.05) is 30.3 Å². The fourth-order valence-corrected chi connectivity index (χ4v) is 2.64. The van der Waals surface area contributed by atoms with Crippen LogP contribution in [0.25, 0.3) is 11.1 Å². The highest BCUT2D eigenvalue weighted by atomic mass is 16.3. The number of benzene rings is 3. The van der Waals surface area contributed by atoms with Crippen LogP contribution >= 0.6 is 0 Å². The van der Waals surface area contributed by atoms with Crippen molar-refractivity contribution >= 4 is 0 Å². The van der Waals surface area contributed by atoms with Crippen molar-refractivity contribution in [3.63, 3.8) is 0 Å². The molecule has 3 aromatic rings. The topological polar surface area (TPSA) is 40.5 Å². The number of hydrogen-bond acceptors (Lipinski definition) is 2. The van der Waals surface area contributed by atoms with Gasteiger partial charge in [0, 0.05) is 5.56 Å². The van der Waals surface area contributed by atoms with E-state index >= 15 is 0 Å². The molecule has 0 aliphatic carbocycles. The molecule has 0 heterocycles. The van der Waals surface area contributed by atoms with Gasteiger partial charge in [-0.25, -0.2) is 0 Å². The summed E-state index contributed by atoms with van der Waals surface area (Å²) in [5.74, 6) is -0.162. The zero-order valence-corrected chi connectivity index (χ0v) is 14.9. The van der Waals surface area contributed by atoms with E-state index in [1.54, 1.807) is 12.1 Å². The first-order valence-electron chi connectivity index (χ1n) is 8.74. The Bertz CT molecular complexity index is 779. The fourth-order valence-electron chi connectivity index (χ4n) is 2.64. The predicted octanol–water partition coefficient (Wildman–Crippen LogP) is 6.10. The van der Waals surface area contributed by atoms with Crippen LogP contribution in [-0.4, -0.2) is 10.2 Å². The van der Waals surface area contributed by atoms with E-state index in [0.717, 1.165) is 5.56 Å². The van der Waals surface area contributed by atoms with Gasteiger partial charge >= 0.3 is 0 Å². The molecule has 0 unspecified atom stereocenters. The number of rotatable bonds is 4. The molecule has 0 aromatic heterocycles. The van der Waals surface area contributed by atoms with E-state index in [9.17, 15) is 10.2 Å². The molecule has 2 nitrogen and oxygen atoms in total. The second kappa shape index (κ2) is 9.53. The summed E-state index contributed by atoms with van der Waals surface area (Å²) >= 11 is 0. The van der Waals surface area contributed by atoms with E-state index in [-0.39, 0.29) is 11.5 Å². The molecule has 0 aliphatic heterocycles. The summed E-state index contributed by atoms with van der Waals surface area (Å²) < 4.78 is 0. The van der Waals surface area contributed by atoms with Gasteiger partial charge in [-0.1, -0.05) is 80.1 Å². The Morgan fingerprint density at radius 2 is 1.44 bits per heavy atom. The smallest absolute Gasteiger partial charge is 0.165 e. The van der Waals surface area contributed by atoms with Gasteiger partial charge in [0.25, 0.3) is 0 Å².